The molecule has 0 radical (unpaired) electrons. The molecule has 1 aromatic rings. The first-order valence-corrected chi connectivity index (χ1v) is 8.20. The molecule has 0 aliphatic carbocycles. The molecule has 20 heavy (non-hydrogen) atoms. The molecule has 1 aliphatic rings. The molecule has 0 amide bonds. The summed E-state index contributed by atoms with van der Waals surface area (Å²) in [6.45, 7) is 6.05. The van der Waals surface area contributed by atoms with Crippen molar-refractivity contribution in [2.24, 2.45) is 5.92 Å². The van der Waals surface area contributed by atoms with E-state index < -0.39 is 0 Å². The molecule has 1 aromatic carbocycles. The Hall–Kier alpha value is -0.450. The molecular formula is C16H23BrFNO. The average molecular weight is 344 g/mol. The van der Waals surface area contributed by atoms with E-state index in [0.29, 0.717) is 12.3 Å². The van der Waals surface area contributed by atoms with Crippen LogP contribution in [0.2, 0.25) is 0 Å². The minimum atomic E-state index is -0.122. The minimum Gasteiger partial charge on any atom is -0.378 e. The van der Waals surface area contributed by atoms with Gasteiger partial charge in [0.25, 0.3) is 0 Å². The van der Waals surface area contributed by atoms with Crippen LogP contribution in [0, 0.1) is 11.7 Å². The van der Waals surface area contributed by atoms with Crippen molar-refractivity contribution >= 4 is 15.9 Å². The van der Waals surface area contributed by atoms with Gasteiger partial charge in [0.2, 0.25) is 0 Å². The molecule has 3 unspecified atom stereocenters. The van der Waals surface area contributed by atoms with E-state index in [9.17, 15) is 4.39 Å². The highest BCUT2D eigenvalue weighted by molar-refractivity contribution is 9.10. The van der Waals surface area contributed by atoms with Gasteiger partial charge in [0, 0.05) is 23.0 Å². The van der Waals surface area contributed by atoms with E-state index in [-0.39, 0.29) is 18.0 Å². The maximum atomic E-state index is 14.0. The van der Waals surface area contributed by atoms with Crippen LogP contribution >= 0.6 is 15.9 Å². The Morgan fingerprint density at radius 2 is 2.30 bits per heavy atom. The van der Waals surface area contributed by atoms with E-state index in [4.69, 9.17) is 4.74 Å². The van der Waals surface area contributed by atoms with Crippen molar-refractivity contribution in [2.45, 2.75) is 45.3 Å². The topological polar surface area (TPSA) is 21.3 Å². The van der Waals surface area contributed by atoms with Crippen molar-refractivity contribution in [3.05, 3.63) is 34.1 Å². The lowest BCUT2D eigenvalue weighted by molar-refractivity contribution is 0.0953. The number of nitrogens with one attached hydrogen (secondary N) is 1. The molecule has 2 rings (SSSR count). The summed E-state index contributed by atoms with van der Waals surface area (Å²) >= 11 is 3.42. The van der Waals surface area contributed by atoms with Crippen molar-refractivity contribution in [1.29, 1.82) is 0 Å². The van der Waals surface area contributed by atoms with Crippen LogP contribution in [0.15, 0.2) is 22.7 Å². The zero-order valence-electron chi connectivity index (χ0n) is 12.2. The van der Waals surface area contributed by atoms with Gasteiger partial charge < -0.3 is 10.1 Å². The summed E-state index contributed by atoms with van der Waals surface area (Å²) in [5.41, 5.74) is 0.770. The van der Waals surface area contributed by atoms with Gasteiger partial charge in [0.15, 0.2) is 0 Å². The Labute approximate surface area is 129 Å². The van der Waals surface area contributed by atoms with E-state index in [2.05, 4.69) is 35.1 Å². The minimum absolute atomic E-state index is 0.122. The lowest BCUT2D eigenvalue weighted by atomic mass is 9.88. The summed E-state index contributed by atoms with van der Waals surface area (Å²) in [5.74, 6) is 0.336. The van der Waals surface area contributed by atoms with Gasteiger partial charge in [-0.25, -0.2) is 4.39 Å². The van der Waals surface area contributed by atoms with Crippen molar-refractivity contribution in [2.75, 3.05) is 13.2 Å². The molecular weight excluding hydrogens is 321 g/mol. The van der Waals surface area contributed by atoms with Crippen molar-refractivity contribution in [3.63, 3.8) is 0 Å². The summed E-state index contributed by atoms with van der Waals surface area (Å²) < 4.78 is 20.6. The predicted octanol–water partition coefficient (Wildman–Crippen LogP) is 3.92. The normalized spacial score (nSPS) is 24.0. The number of rotatable bonds is 6. The molecule has 1 saturated heterocycles. The fourth-order valence-electron chi connectivity index (χ4n) is 2.92. The Bertz CT molecular complexity index is 440. The van der Waals surface area contributed by atoms with Crippen molar-refractivity contribution in [1.82, 2.24) is 5.32 Å². The molecule has 1 heterocycles. The Kier molecular flexibility index (Phi) is 6.00. The second-order valence-electron chi connectivity index (χ2n) is 5.53. The smallest absolute Gasteiger partial charge is 0.126 e. The molecule has 0 bridgehead atoms. The molecule has 1 fully saturated rings. The van der Waals surface area contributed by atoms with Crippen LogP contribution in [0.25, 0.3) is 0 Å². The van der Waals surface area contributed by atoms with Crippen LogP contribution in [0.1, 0.15) is 32.3 Å². The molecule has 0 spiro atoms. The number of hydrogen-bond acceptors (Lipinski definition) is 2. The maximum Gasteiger partial charge on any atom is 0.126 e. The number of hydrogen-bond donors (Lipinski definition) is 1. The SMILES string of the molecule is CCCNC(Cc1cc(Br)ccc1F)C1CCOC1C. The molecule has 3 atom stereocenters. The zero-order chi connectivity index (χ0) is 14.5. The van der Waals surface area contributed by atoms with Gasteiger partial charge in [0.1, 0.15) is 5.82 Å². The van der Waals surface area contributed by atoms with Gasteiger partial charge in [-0.05, 0) is 56.5 Å². The van der Waals surface area contributed by atoms with E-state index in [1.54, 1.807) is 6.07 Å². The fourth-order valence-corrected chi connectivity index (χ4v) is 3.33. The quantitative estimate of drug-likeness (QED) is 0.845. The van der Waals surface area contributed by atoms with Crippen molar-refractivity contribution in [3.8, 4) is 0 Å². The Balaban J connectivity index is 2.12. The van der Waals surface area contributed by atoms with Gasteiger partial charge in [-0.15, -0.1) is 0 Å². The summed E-state index contributed by atoms with van der Waals surface area (Å²) in [4.78, 5) is 0. The Morgan fingerprint density at radius 3 is 2.95 bits per heavy atom. The van der Waals surface area contributed by atoms with Gasteiger partial charge >= 0.3 is 0 Å². The summed E-state index contributed by atoms with van der Waals surface area (Å²) in [5, 5.41) is 3.57. The van der Waals surface area contributed by atoms with Crippen molar-refractivity contribution < 1.29 is 9.13 Å². The molecule has 1 aliphatic heterocycles. The molecule has 112 valence electrons. The number of ether oxygens (including phenoxy) is 1. The maximum absolute atomic E-state index is 14.0. The monoisotopic (exact) mass is 343 g/mol. The first-order valence-electron chi connectivity index (χ1n) is 7.40. The third-order valence-electron chi connectivity index (χ3n) is 4.06. The second-order valence-corrected chi connectivity index (χ2v) is 6.44. The lowest BCUT2D eigenvalue weighted by Crippen LogP contribution is -2.41. The van der Waals surface area contributed by atoms with Crippen LogP contribution in [-0.2, 0) is 11.2 Å². The summed E-state index contributed by atoms with van der Waals surface area (Å²) in [6, 6.07) is 5.44. The highest BCUT2D eigenvalue weighted by atomic mass is 79.9. The number of benzene rings is 1. The summed E-state index contributed by atoms with van der Waals surface area (Å²) in [6.07, 6.45) is 3.10. The summed E-state index contributed by atoms with van der Waals surface area (Å²) in [7, 11) is 0. The highest BCUT2D eigenvalue weighted by Crippen LogP contribution is 2.27. The van der Waals surface area contributed by atoms with E-state index in [0.717, 1.165) is 36.0 Å². The van der Waals surface area contributed by atoms with Crippen LogP contribution in [0.3, 0.4) is 0 Å². The molecule has 2 nitrogen and oxygen atoms in total. The van der Waals surface area contributed by atoms with Crippen LogP contribution < -0.4 is 5.32 Å². The third-order valence-corrected chi connectivity index (χ3v) is 4.55. The average Bonchev–Trinajstić information content (AvgIpc) is 2.84. The highest BCUT2D eigenvalue weighted by Gasteiger charge is 2.32. The fraction of sp³-hybridized carbons (Fsp3) is 0.625. The van der Waals surface area contributed by atoms with Gasteiger partial charge in [0.05, 0.1) is 6.10 Å². The molecule has 1 N–H and O–H groups in total. The zero-order valence-corrected chi connectivity index (χ0v) is 13.7. The van der Waals surface area contributed by atoms with Gasteiger partial charge in [-0.1, -0.05) is 22.9 Å². The first kappa shape index (κ1) is 15.9. The van der Waals surface area contributed by atoms with E-state index >= 15 is 0 Å². The van der Waals surface area contributed by atoms with Crippen LogP contribution in [-0.4, -0.2) is 25.3 Å². The van der Waals surface area contributed by atoms with E-state index in [1.165, 1.54) is 6.07 Å². The van der Waals surface area contributed by atoms with E-state index in [1.807, 2.05) is 6.07 Å². The number of halogens is 2. The second kappa shape index (κ2) is 7.53. The lowest BCUT2D eigenvalue weighted by Gasteiger charge is -2.27. The molecule has 4 heteroatoms. The first-order chi connectivity index (χ1) is 9.61. The van der Waals surface area contributed by atoms with Gasteiger partial charge in [-0.3, -0.25) is 0 Å². The Morgan fingerprint density at radius 1 is 1.50 bits per heavy atom. The van der Waals surface area contributed by atoms with Crippen LogP contribution in [0.4, 0.5) is 4.39 Å². The van der Waals surface area contributed by atoms with Crippen LogP contribution in [0.5, 0.6) is 0 Å². The molecule has 0 saturated carbocycles. The largest absolute Gasteiger partial charge is 0.378 e. The standard InChI is InChI=1S/C16H23BrFNO/c1-3-7-19-16(14-6-8-20-11(14)2)10-12-9-13(17)4-5-15(12)18/h4-5,9,11,14,16,19H,3,6-8,10H2,1-2H3. The third kappa shape index (κ3) is 4.03. The van der Waals surface area contributed by atoms with Gasteiger partial charge in [-0.2, -0.15) is 0 Å². The predicted molar refractivity (Wildman–Crippen MR) is 83.4 cm³/mol. The molecule has 0 aromatic heterocycles.